The number of aliphatic hydroxyl groups is 2. The fourth-order valence-corrected chi connectivity index (χ4v) is 8.20. The van der Waals surface area contributed by atoms with Crippen molar-refractivity contribution in [3.63, 3.8) is 0 Å². The van der Waals surface area contributed by atoms with Crippen LogP contribution in [0.5, 0.6) is 23.0 Å². The van der Waals surface area contributed by atoms with Crippen LogP contribution in [0, 0.1) is 0 Å². The monoisotopic (exact) mass is 848 g/mol. The normalized spacial score (nSPS) is 15.6. The van der Waals surface area contributed by atoms with Gasteiger partial charge in [0.05, 0.1) is 23.6 Å². The first-order valence-corrected chi connectivity index (χ1v) is 22.4. The molecule has 63 heavy (non-hydrogen) atoms. The summed E-state index contributed by atoms with van der Waals surface area (Å²) < 4.78 is 12.3. The lowest BCUT2D eigenvalue weighted by molar-refractivity contribution is 0.0776. The Morgan fingerprint density at radius 3 is 1.37 bits per heavy atom. The van der Waals surface area contributed by atoms with Crippen molar-refractivity contribution in [2.24, 2.45) is 0 Å². The molecule has 6 aromatic rings. The number of aliphatic hydroxyl groups excluding tert-OH is 2. The highest BCUT2D eigenvalue weighted by atomic mass is 16.5. The molecular weight excluding hydrogens is 785 g/mol. The number of nitrogens with one attached hydrogen (secondary N) is 1. The van der Waals surface area contributed by atoms with E-state index in [2.05, 4.69) is 97.5 Å². The van der Waals surface area contributed by atoms with Crippen LogP contribution < -0.4 is 24.6 Å². The number of ether oxygens (including phenoxy) is 2. The Kier molecular flexibility index (Phi) is 17.4. The number of anilines is 2. The van der Waals surface area contributed by atoms with Gasteiger partial charge in [-0.3, -0.25) is 14.7 Å². The van der Waals surface area contributed by atoms with E-state index in [0.717, 1.165) is 99.8 Å². The van der Waals surface area contributed by atoms with E-state index >= 15 is 0 Å². The lowest BCUT2D eigenvalue weighted by atomic mass is 10.2. The van der Waals surface area contributed by atoms with Crippen LogP contribution in [0.4, 0.5) is 11.4 Å². The summed E-state index contributed by atoms with van der Waals surface area (Å²) in [6.45, 7) is 11.7. The quantitative estimate of drug-likeness (QED) is 0.0796. The molecule has 2 heterocycles. The second-order valence-corrected chi connectivity index (χ2v) is 16.4. The molecule has 2 atom stereocenters. The van der Waals surface area contributed by atoms with Crippen LogP contribution in [-0.4, -0.2) is 123 Å². The molecular formula is C53H64N6O4. The van der Waals surface area contributed by atoms with Crippen LogP contribution in [0.25, 0.3) is 0 Å². The third kappa shape index (κ3) is 14.7. The molecule has 2 fully saturated rings. The third-order valence-corrected chi connectivity index (χ3v) is 11.4. The van der Waals surface area contributed by atoms with E-state index in [1.165, 1.54) is 11.1 Å². The molecule has 3 N–H and O–H groups in total. The molecule has 0 spiro atoms. The molecule has 2 aliphatic heterocycles. The first-order valence-electron chi connectivity index (χ1n) is 22.4. The Hall–Kier alpha value is -5.72. The minimum absolute atomic E-state index is 0.357. The molecule has 10 heteroatoms. The van der Waals surface area contributed by atoms with Gasteiger partial charge in [0.15, 0.2) is 11.5 Å². The maximum atomic E-state index is 10.6. The summed E-state index contributed by atoms with van der Waals surface area (Å²) >= 11 is 0. The van der Waals surface area contributed by atoms with Gasteiger partial charge >= 0.3 is 0 Å². The van der Waals surface area contributed by atoms with Gasteiger partial charge in [0.1, 0.15) is 11.5 Å². The van der Waals surface area contributed by atoms with Gasteiger partial charge in [0.2, 0.25) is 0 Å². The first-order chi connectivity index (χ1) is 30.9. The Bertz CT molecular complexity index is 2170. The largest absolute Gasteiger partial charge is 0.455 e. The highest BCUT2D eigenvalue weighted by molar-refractivity contribution is 5.61. The van der Waals surface area contributed by atoms with E-state index < -0.39 is 0 Å². The molecule has 2 aliphatic rings. The lowest BCUT2D eigenvalue weighted by Gasteiger charge is -2.37. The summed E-state index contributed by atoms with van der Waals surface area (Å²) in [5.41, 5.74) is 4.75. The molecule has 2 saturated heterocycles. The SMILES string of the molecule is CN(Cc1ccccc1)CC(O)CN1CCN(c2ccccc2Oc2ccccc2)CC1.OC(CNCc1ccccc1)CN1CCN(c2ccccc2Oc2ccccc2)CC1. The average Bonchev–Trinajstić information content (AvgIpc) is 3.31. The van der Waals surface area contributed by atoms with Crippen LogP contribution in [0.1, 0.15) is 11.1 Å². The predicted octanol–water partition coefficient (Wildman–Crippen LogP) is 7.85. The molecule has 0 radical (unpaired) electrons. The topological polar surface area (TPSA) is 87.2 Å². The van der Waals surface area contributed by atoms with Crippen molar-refractivity contribution < 1.29 is 19.7 Å². The Labute approximate surface area is 374 Å². The maximum Gasteiger partial charge on any atom is 0.150 e. The fourth-order valence-electron chi connectivity index (χ4n) is 8.20. The summed E-state index contributed by atoms with van der Waals surface area (Å²) in [5, 5.41) is 24.4. The molecule has 2 unspecified atom stereocenters. The summed E-state index contributed by atoms with van der Waals surface area (Å²) in [5.74, 6) is 3.46. The van der Waals surface area contributed by atoms with Crippen LogP contribution in [-0.2, 0) is 13.1 Å². The van der Waals surface area contributed by atoms with Crippen LogP contribution in [0.15, 0.2) is 170 Å². The zero-order valence-electron chi connectivity index (χ0n) is 36.7. The van der Waals surface area contributed by atoms with Gasteiger partial charge in [-0.05, 0) is 66.7 Å². The molecule has 0 aromatic heterocycles. The van der Waals surface area contributed by atoms with Crippen molar-refractivity contribution >= 4 is 11.4 Å². The number of β-amino-alcohol motifs (C(OH)–C–C–N with tert-alkyl or cyclic N) is 2. The fraction of sp³-hybridized carbons (Fsp3) is 0.321. The zero-order chi connectivity index (χ0) is 43.5. The van der Waals surface area contributed by atoms with Gasteiger partial charge in [-0.15, -0.1) is 0 Å². The van der Waals surface area contributed by atoms with Crippen molar-refractivity contribution in [1.82, 2.24) is 20.0 Å². The highest BCUT2D eigenvalue weighted by Crippen LogP contribution is 2.34. The van der Waals surface area contributed by atoms with Gasteiger partial charge < -0.3 is 34.8 Å². The van der Waals surface area contributed by atoms with Crippen molar-refractivity contribution in [3.05, 3.63) is 181 Å². The molecule has 0 saturated carbocycles. The summed E-state index contributed by atoms with van der Waals surface area (Å²) in [6.07, 6.45) is -0.729. The lowest BCUT2D eigenvalue weighted by Crippen LogP contribution is -2.49. The van der Waals surface area contributed by atoms with E-state index in [9.17, 15) is 10.2 Å². The van der Waals surface area contributed by atoms with Crippen LogP contribution in [0.3, 0.4) is 0 Å². The van der Waals surface area contributed by atoms with Gasteiger partial charge in [-0.2, -0.15) is 0 Å². The summed E-state index contributed by atoms with van der Waals surface area (Å²) in [6, 6.07) is 56.9. The van der Waals surface area contributed by atoms with Gasteiger partial charge in [-0.1, -0.05) is 121 Å². The zero-order valence-corrected chi connectivity index (χ0v) is 36.7. The van der Waals surface area contributed by atoms with E-state index in [-0.39, 0.29) is 12.2 Å². The molecule has 10 nitrogen and oxygen atoms in total. The molecule has 0 amide bonds. The first kappa shape index (κ1) is 45.3. The number of nitrogens with zero attached hydrogens (tertiary/aromatic N) is 5. The van der Waals surface area contributed by atoms with Crippen molar-refractivity contribution in [2.75, 3.05) is 95.4 Å². The van der Waals surface area contributed by atoms with Gasteiger partial charge in [0.25, 0.3) is 0 Å². The highest BCUT2D eigenvalue weighted by Gasteiger charge is 2.23. The second kappa shape index (κ2) is 24.2. The number of benzene rings is 6. The van der Waals surface area contributed by atoms with E-state index in [1.807, 2.05) is 109 Å². The number of para-hydroxylation sites is 6. The second-order valence-electron chi connectivity index (χ2n) is 16.4. The maximum absolute atomic E-state index is 10.6. The predicted molar refractivity (Wildman–Crippen MR) is 256 cm³/mol. The minimum Gasteiger partial charge on any atom is -0.455 e. The van der Waals surface area contributed by atoms with E-state index in [0.29, 0.717) is 26.2 Å². The smallest absolute Gasteiger partial charge is 0.150 e. The average molecular weight is 849 g/mol. The number of hydrogen-bond donors (Lipinski definition) is 3. The molecule has 6 aromatic carbocycles. The number of likely N-dealkylation sites (N-methyl/N-ethyl adjacent to an activating group) is 1. The Morgan fingerprint density at radius 1 is 0.492 bits per heavy atom. The van der Waals surface area contributed by atoms with E-state index in [1.54, 1.807) is 0 Å². The molecule has 0 aliphatic carbocycles. The standard InChI is InChI=1S/C27H33N3O2.C26H31N3O2/c1-28(20-23-10-4-2-5-11-23)21-24(31)22-29-16-18-30(19-17-29)26-14-8-9-15-27(26)32-25-12-6-3-7-13-25;30-23(20-27-19-22-9-3-1-4-10-22)21-28-15-17-29(18-16-28)25-13-7-8-14-26(25)31-24-11-5-2-6-12-24/h2-15,24,31H,16-22H2,1H3;1-14,23,27,30H,15-21H2. The van der Waals surface area contributed by atoms with Crippen molar-refractivity contribution in [3.8, 4) is 23.0 Å². The van der Waals surface area contributed by atoms with Gasteiger partial charge in [-0.25, -0.2) is 0 Å². The van der Waals surface area contributed by atoms with Crippen molar-refractivity contribution in [2.45, 2.75) is 25.3 Å². The van der Waals surface area contributed by atoms with E-state index in [4.69, 9.17) is 9.47 Å². The minimum atomic E-state index is -0.371. The Morgan fingerprint density at radius 2 is 0.889 bits per heavy atom. The Balaban J connectivity index is 0.000000189. The van der Waals surface area contributed by atoms with Crippen LogP contribution >= 0.6 is 0 Å². The van der Waals surface area contributed by atoms with Crippen LogP contribution in [0.2, 0.25) is 0 Å². The summed E-state index contributed by atoms with van der Waals surface area (Å²) in [7, 11) is 2.07. The molecule has 8 rings (SSSR count). The van der Waals surface area contributed by atoms with Gasteiger partial charge in [0, 0.05) is 91.6 Å². The van der Waals surface area contributed by atoms with Crippen molar-refractivity contribution in [1.29, 1.82) is 0 Å². The number of rotatable bonds is 18. The third-order valence-electron chi connectivity index (χ3n) is 11.4. The number of piperazine rings is 2. The number of hydrogen-bond acceptors (Lipinski definition) is 10. The summed E-state index contributed by atoms with van der Waals surface area (Å²) in [4.78, 5) is 11.6. The molecule has 0 bridgehead atoms. The molecule has 330 valence electrons.